The van der Waals surface area contributed by atoms with Crippen LogP contribution in [0.1, 0.15) is 16.7 Å². The topological polar surface area (TPSA) is 36.0 Å². The third kappa shape index (κ3) is 5.04. The minimum Gasteiger partial charge on any atom is -0.497 e. The van der Waals surface area contributed by atoms with Crippen molar-refractivity contribution in [3.05, 3.63) is 59.2 Å². The lowest BCUT2D eigenvalue weighted by molar-refractivity contribution is -0.131. The molecule has 2 aromatic carbocycles. The lowest BCUT2D eigenvalue weighted by atomic mass is 10.1. The Balaban J connectivity index is 1.50. The minimum atomic E-state index is 0.176. The Labute approximate surface area is 168 Å². The summed E-state index contributed by atoms with van der Waals surface area (Å²) in [7, 11) is 3.59. The van der Waals surface area contributed by atoms with E-state index in [1.54, 1.807) is 7.11 Å². The number of anilines is 1. The third-order valence-corrected chi connectivity index (χ3v) is 5.48. The normalized spacial score (nSPS) is 14.8. The standard InChI is InChI=1S/C23H31N3O2/c1-18-8-9-20(19(2)14-18)16-24(3)23(27)17-25-10-12-26(13-11-25)21-6-5-7-22(15-21)28-4/h5-9,14-15H,10-13,16-17H2,1-4H3. The predicted molar refractivity (Wildman–Crippen MR) is 114 cm³/mol. The number of piperazine rings is 1. The van der Waals surface area contributed by atoms with Gasteiger partial charge in [0.1, 0.15) is 5.75 Å². The number of carbonyl (C=O) groups is 1. The van der Waals surface area contributed by atoms with E-state index >= 15 is 0 Å². The fourth-order valence-electron chi connectivity index (χ4n) is 3.65. The van der Waals surface area contributed by atoms with Crippen LogP contribution in [0.2, 0.25) is 0 Å². The van der Waals surface area contributed by atoms with E-state index in [0.29, 0.717) is 13.1 Å². The van der Waals surface area contributed by atoms with Gasteiger partial charge in [-0.05, 0) is 37.1 Å². The average molecular weight is 382 g/mol. The molecular formula is C23H31N3O2. The Kier molecular flexibility index (Phi) is 6.57. The van der Waals surface area contributed by atoms with Gasteiger partial charge in [-0.15, -0.1) is 0 Å². The van der Waals surface area contributed by atoms with Gasteiger partial charge in [0.05, 0.1) is 13.7 Å². The Hall–Kier alpha value is -2.53. The first kappa shape index (κ1) is 20.2. The first-order chi connectivity index (χ1) is 13.5. The van der Waals surface area contributed by atoms with Crippen molar-refractivity contribution in [2.24, 2.45) is 0 Å². The zero-order valence-electron chi connectivity index (χ0n) is 17.4. The monoisotopic (exact) mass is 381 g/mol. The summed E-state index contributed by atoms with van der Waals surface area (Å²) in [5.41, 5.74) is 4.89. The molecule has 28 heavy (non-hydrogen) atoms. The van der Waals surface area contributed by atoms with Crippen LogP contribution in [0.4, 0.5) is 5.69 Å². The van der Waals surface area contributed by atoms with Gasteiger partial charge in [-0.25, -0.2) is 0 Å². The molecule has 0 bridgehead atoms. The second kappa shape index (κ2) is 9.11. The van der Waals surface area contributed by atoms with E-state index in [9.17, 15) is 4.79 Å². The summed E-state index contributed by atoms with van der Waals surface area (Å²) in [5, 5.41) is 0. The van der Waals surface area contributed by atoms with E-state index in [-0.39, 0.29) is 5.91 Å². The summed E-state index contributed by atoms with van der Waals surface area (Å²) in [6.07, 6.45) is 0. The van der Waals surface area contributed by atoms with Crippen LogP contribution in [0.5, 0.6) is 5.75 Å². The molecular weight excluding hydrogens is 350 g/mol. The number of ether oxygens (including phenoxy) is 1. The largest absolute Gasteiger partial charge is 0.497 e. The van der Waals surface area contributed by atoms with Gasteiger partial charge in [-0.1, -0.05) is 29.8 Å². The van der Waals surface area contributed by atoms with Gasteiger partial charge in [0.2, 0.25) is 5.91 Å². The molecule has 0 aliphatic carbocycles. The molecule has 0 saturated carbocycles. The molecule has 2 aromatic rings. The van der Waals surface area contributed by atoms with Gasteiger partial charge >= 0.3 is 0 Å². The van der Waals surface area contributed by atoms with Crippen LogP contribution < -0.4 is 9.64 Å². The fraction of sp³-hybridized carbons (Fsp3) is 0.435. The van der Waals surface area contributed by atoms with Gasteiger partial charge in [0.25, 0.3) is 0 Å². The Morgan fingerprint density at radius 1 is 1.07 bits per heavy atom. The van der Waals surface area contributed by atoms with Crippen LogP contribution >= 0.6 is 0 Å². The van der Waals surface area contributed by atoms with E-state index in [1.807, 2.05) is 24.1 Å². The molecule has 0 aromatic heterocycles. The van der Waals surface area contributed by atoms with Crippen molar-refractivity contribution in [1.29, 1.82) is 0 Å². The van der Waals surface area contributed by atoms with Crippen LogP contribution in [-0.2, 0) is 11.3 Å². The molecule has 1 saturated heterocycles. The predicted octanol–water partition coefficient (Wildman–Crippen LogP) is 3.09. The highest BCUT2D eigenvalue weighted by molar-refractivity contribution is 5.78. The summed E-state index contributed by atoms with van der Waals surface area (Å²) in [4.78, 5) is 19.1. The summed E-state index contributed by atoms with van der Waals surface area (Å²) < 4.78 is 5.32. The lowest BCUT2D eigenvalue weighted by Crippen LogP contribution is -2.49. The maximum atomic E-state index is 12.7. The van der Waals surface area contributed by atoms with Crippen LogP contribution in [0.25, 0.3) is 0 Å². The van der Waals surface area contributed by atoms with Crippen molar-refractivity contribution in [1.82, 2.24) is 9.80 Å². The molecule has 0 unspecified atom stereocenters. The smallest absolute Gasteiger partial charge is 0.236 e. The SMILES string of the molecule is COc1cccc(N2CCN(CC(=O)N(C)Cc3ccc(C)cc3C)CC2)c1. The molecule has 5 heteroatoms. The zero-order chi connectivity index (χ0) is 20.1. The molecule has 0 N–H and O–H groups in total. The van der Waals surface area contributed by atoms with Gasteiger partial charge in [0.15, 0.2) is 0 Å². The first-order valence-corrected chi connectivity index (χ1v) is 9.87. The Bertz CT molecular complexity index is 813. The van der Waals surface area contributed by atoms with Crippen LogP contribution in [0.15, 0.2) is 42.5 Å². The van der Waals surface area contributed by atoms with Crippen molar-refractivity contribution in [3.63, 3.8) is 0 Å². The molecule has 0 spiro atoms. The number of likely N-dealkylation sites (N-methyl/N-ethyl adjacent to an activating group) is 1. The summed E-state index contributed by atoms with van der Waals surface area (Å²) in [5.74, 6) is 1.05. The minimum absolute atomic E-state index is 0.176. The maximum absolute atomic E-state index is 12.7. The summed E-state index contributed by atoms with van der Waals surface area (Å²) >= 11 is 0. The Morgan fingerprint density at radius 2 is 1.82 bits per heavy atom. The third-order valence-electron chi connectivity index (χ3n) is 5.48. The second-order valence-electron chi connectivity index (χ2n) is 7.64. The van der Waals surface area contributed by atoms with E-state index in [0.717, 1.165) is 31.9 Å². The Morgan fingerprint density at radius 3 is 2.50 bits per heavy atom. The molecule has 0 atom stereocenters. The highest BCUT2D eigenvalue weighted by Crippen LogP contribution is 2.22. The number of aryl methyl sites for hydroxylation is 2. The van der Waals surface area contributed by atoms with Crippen molar-refractivity contribution in [3.8, 4) is 5.75 Å². The highest BCUT2D eigenvalue weighted by Gasteiger charge is 2.21. The molecule has 1 aliphatic heterocycles. The summed E-state index contributed by atoms with van der Waals surface area (Å²) in [6.45, 7) is 8.96. The van der Waals surface area contributed by atoms with Gasteiger partial charge in [-0.3, -0.25) is 9.69 Å². The number of rotatable bonds is 6. The molecule has 0 radical (unpaired) electrons. The summed E-state index contributed by atoms with van der Waals surface area (Å²) in [6, 6.07) is 14.6. The van der Waals surface area contributed by atoms with Crippen molar-refractivity contribution < 1.29 is 9.53 Å². The molecule has 1 aliphatic rings. The van der Waals surface area contributed by atoms with E-state index in [2.05, 4.69) is 54.0 Å². The molecule has 3 rings (SSSR count). The van der Waals surface area contributed by atoms with Gasteiger partial charge in [-0.2, -0.15) is 0 Å². The van der Waals surface area contributed by atoms with Crippen molar-refractivity contribution in [2.75, 3.05) is 51.8 Å². The average Bonchev–Trinajstić information content (AvgIpc) is 2.70. The highest BCUT2D eigenvalue weighted by atomic mass is 16.5. The maximum Gasteiger partial charge on any atom is 0.236 e. The molecule has 1 heterocycles. The lowest BCUT2D eigenvalue weighted by Gasteiger charge is -2.36. The number of nitrogens with zero attached hydrogens (tertiary/aromatic N) is 3. The number of hydrogen-bond acceptors (Lipinski definition) is 4. The van der Waals surface area contributed by atoms with Crippen LogP contribution in [0, 0.1) is 13.8 Å². The van der Waals surface area contributed by atoms with Crippen molar-refractivity contribution in [2.45, 2.75) is 20.4 Å². The number of hydrogen-bond donors (Lipinski definition) is 0. The van der Waals surface area contributed by atoms with Crippen LogP contribution in [-0.4, -0.2) is 62.6 Å². The number of benzene rings is 2. The second-order valence-corrected chi connectivity index (χ2v) is 7.64. The van der Waals surface area contributed by atoms with Crippen LogP contribution in [0.3, 0.4) is 0 Å². The number of amides is 1. The number of carbonyl (C=O) groups excluding carboxylic acids is 1. The molecule has 1 amide bonds. The molecule has 5 nitrogen and oxygen atoms in total. The van der Waals surface area contributed by atoms with E-state index in [1.165, 1.54) is 22.4 Å². The van der Waals surface area contributed by atoms with E-state index in [4.69, 9.17) is 4.74 Å². The quantitative estimate of drug-likeness (QED) is 0.770. The molecule has 150 valence electrons. The first-order valence-electron chi connectivity index (χ1n) is 9.87. The number of methoxy groups -OCH3 is 1. The van der Waals surface area contributed by atoms with Gasteiger partial charge in [0, 0.05) is 51.5 Å². The van der Waals surface area contributed by atoms with E-state index < -0.39 is 0 Å². The van der Waals surface area contributed by atoms with Gasteiger partial charge < -0.3 is 14.5 Å². The zero-order valence-corrected chi connectivity index (χ0v) is 17.4. The fourth-order valence-corrected chi connectivity index (χ4v) is 3.65. The van der Waals surface area contributed by atoms with Crippen molar-refractivity contribution >= 4 is 11.6 Å². The molecule has 1 fully saturated rings.